The van der Waals surface area contributed by atoms with Gasteiger partial charge in [0, 0.05) is 31.4 Å². The molecule has 0 bridgehead atoms. The summed E-state index contributed by atoms with van der Waals surface area (Å²) in [5.41, 5.74) is 1.55. The number of rotatable bonds is 7. The summed E-state index contributed by atoms with van der Waals surface area (Å²) in [6.45, 7) is 4.53. The van der Waals surface area contributed by atoms with E-state index in [1.165, 1.54) is 15.6 Å². The summed E-state index contributed by atoms with van der Waals surface area (Å²) in [4.78, 5) is 16.5. The number of carbonyl (C=O) groups is 1. The Balaban J connectivity index is 0.00000243. The minimum atomic E-state index is -3.45. The van der Waals surface area contributed by atoms with Crippen LogP contribution in [-0.4, -0.2) is 36.7 Å². The number of anilines is 1. The monoisotopic (exact) mass is 381 g/mol. The van der Waals surface area contributed by atoms with Gasteiger partial charge in [-0.05, 0) is 25.0 Å². The molecule has 1 aliphatic rings. The molecule has 1 aliphatic carbocycles. The molecule has 0 atom stereocenters. The Kier molecular flexibility index (Phi) is 5.21. The van der Waals surface area contributed by atoms with Crippen molar-refractivity contribution < 1.29 is 14.6 Å². The summed E-state index contributed by atoms with van der Waals surface area (Å²) >= 11 is 1.37. The predicted molar refractivity (Wildman–Crippen MR) is 101 cm³/mol. The van der Waals surface area contributed by atoms with Crippen LogP contribution in [0.4, 0.5) is 5.13 Å². The van der Waals surface area contributed by atoms with Gasteiger partial charge in [0.2, 0.25) is 15.9 Å². The Bertz CT molecular complexity index is 858. The Morgan fingerprint density at radius 2 is 1.92 bits per heavy atom. The van der Waals surface area contributed by atoms with Gasteiger partial charge in [0.05, 0.1) is 10.6 Å². The Morgan fingerprint density at radius 3 is 2.48 bits per heavy atom. The first-order valence-corrected chi connectivity index (χ1v) is 10.6. The van der Waals surface area contributed by atoms with Crippen molar-refractivity contribution in [1.29, 1.82) is 0 Å². The van der Waals surface area contributed by atoms with Gasteiger partial charge in [0.1, 0.15) is 0 Å². The fraction of sp³-hybridized carbons (Fsp3) is 0.412. The van der Waals surface area contributed by atoms with E-state index >= 15 is 0 Å². The van der Waals surface area contributed by atoms with Gasteiger partial charge < -0.3 is 5.32 Å². The van der Waals surface area contributed by atoms with Crippen LogP contribution in [0.15, 0.2) is 34.5 Å². The molecular formula is C17H23N3O3S2. The van der Waals surface area contributed by atoms with Gasteiger partial charge in [-0.2, -0.15) is 4.31 Å². The number of carbonyl (C=O) groups excluding carboxylic acids is 1. The summed E-state index contributed by atoms with van der Waals surface area (Å²) in [7, 11) is -3.45. The van der Waals surface area contributed by atoms with Crippen molar-refractivity contribution in [3.8, 4) is 11.3 Å². The van der Waals surface area contributed by atoms with Crippen molar-refractivity contribution in [3.63, 3.8) is 0 Å². The van der Waals surface area contributed by atoms with E-state index in [2.05, 4.69) is 10.3 Å². The van der Waals surface area contributed by atoms with Crippen LogP contribution in [0.3, 0.4) is 0 Å². The molecule has 0 unspecified atom stereocenters. The molecule has 1 amide bonds. The molecule has 3 rings (SSSR count). The molecule has 2 aromatic rings. The first-order chi connectivity index (χ1) is 12.0. The number of hydrogen-bond donors (Lipinski definition) is 1. The Labute approximate surface area is 153 Å². The highest BCUT2D eigenvalue weighted by atomic mass is 32.2. The zero-order valence-electron chi connectivity index (χ0n) is 14.2. The fourth-order valence-corrected chi connectivity index (χ4v) is 4.71. The Hall–Kier alpha value is -1.77. The van der Waals surface area contributed by atoms with E-state index in [4.69, 9.17) is 0 Å². The number of benzene rings is 1. The van der Waals surface area contributed by atoms with Gasteiger partial charge in [-0.15, -0.1) is 11.3 Å². The third-order valence-corrected chi connectivity index (χ3v) is 7.00. The van der Waals surface area contributed by atoms with Gasteiger partial charge in [-0.3, -0.25) is 4.79 Å². The minimum absolute atomic E-state index is 0. The zero-order chi connectivity index (χ0) is 18.0. The molecule has 1 N–H and O–H groups in total. The lowest BCUT2D eigenvalue weighted by Gasteiger charge is -2.18. The van der Waals surface area contributed by atoms with Crippen molar-refractivity contribution >= 4 is 32.4 Å². The van der Waals surface area contributed by atoms with E-state index in [0.29, 0.717) is 18.2 Å². The number of sulfonamides is 1. The second kappa shape index (κ2) is 7.23. The molecule has 1 aromatic carbocycles. The fourth-order valence-electron chi connectivity index (χ4n) is 2.53. The van der Waals surface area contributed by atoms with Gasteiger partial charge in [0.25, 0.3) is 0 Å². The summed E-state index contributed by atoms with van der Waals surface area (Å²) in [6, 6.07) is 6.70. The molecule has 0 saturated heterocycles. The van der Waals surface area contributed by atoms with Crippen LogP contribution in [0.2, 0.25) is 0 Å². The number of hydrogen-bond acceptors (Lipinski definition) is 5. The summed E-state index contributed by atoms with van der Waals surface area (Å²) < 4.78 is 26.4. The van der Waals surface area contributed by atoms with E-state index in [0.717, 1.165) is 24.1 Å². The first-order valence-electron chi connectivity index (χ1n) is 8.32. The van der Waals surface area contributed by atoms with Gasteiger partial charge >= 0.3 is 0 Å². The maximum Gasteiger partial charge on any atom is 0.243 e. The summed E-state index contributed by atoms with van der Waals surface area (Å²) in [5, 5.41) is 5.26. The topological polar surface area (TPSA) is 79.4 Å². The second-order valence-electron chi connectivity index (χ2n) is 5.92. The highest BCUT2D eigenvalue weighted by Crippen LogP contribution is 2.32. The Morgan fingerprint density at radius 1 is 1.28 bits per heavy atom. The molecule has 6 nitrogen and oxygen atoms in total. The average molecular weight is 382 g/mol. The van der Waals surface area contributed by atoms with Crippen molar-refractivity contribution in [1.82, 2.24) is 9.29 Å². The standard InChI is InChI=1S/C17H21N3O3S2.H2/c1-3-20(4-2)25(22,23)14-9-7-12(8-10-14)15-11-24-17(18-15)19-16(21)13-5-6-13;/h7-11,13H,3-6H2,1-2H3,(H,18,19,21);1H. The highest BCUT2D eigenvalue weighted by molar-refractivity contribution is 7.89. The highest BCUT2D eigenvalue weighted by Gasteiger charge is 2.30. The molecule has 0 aliphatic heterocycles. The van der Waals surface area contributed by atoms with Gasteiger partial charge in [-0.25, -0.2) is 13.4 Å². The van der Waals surface area contributed by atoms with Crippen molar-refractivity contribution in [2.75, 3.05) is 18.4 Å². The van der Waals surface area contributed by atoms with Crippen LogP contribution >= 0.6 is 11.3 Å². The van der Waals surface area contributed by atoms with Crippen molar-refractivity contribution in [2.24, 2.45) is 5.92 Å². The predicted octanol–water partition coefficient (Wildman–Crippen LogP) is 3.44. The van der Waals surface area contributed by atoms with Crippen LogP contribution in [-0.2, 0) is 14.8 Å². The molecule has 1 heterocycles. The number of nitrogens with zero attached hydrogens (tertiary/aromatic N) is 2. The molecule has 1 fully saturated rings. The number of aromatic nitrogens is 1. The van der Waals surface area contributed by atoms with E-state index in [9.17, 15) is 13.2 Å². The summed E-state index contributed by atoms with van der Waals surface area (Å²) in [5.74, 6) is 0.165. The third kappa shape index (κ3) is 3.91. The summed E-state index contributed by atoms with van der Waals surface area (Å²) in [6.07, 6.45) is 1.90. The van der Waals surface area contributed by atoms with Gasteiger partial charge in [0.15, 0.2) is 5.13 Å². The quantitative estimate of drug-likeness (QED) is 0.797. The smallest absolute Gasteiger partial charge is 0.243 e. The lowest BCUT2D eigenvalue weighted by atomic mass is 10.2. The zero-order valence-corrected chi connectivity index (χ0v) is 15.9. The van der Waals surface area contributed by atoms with E-state index in [1.54, 1.807) is 24.3 Å². The number of amides is 1. The lowest BCUT2D eigenvalue weighted by Crippen LogP contribution is -2.30. The normalized spacial score (nSPS) is 14.7. The first kappa shape index (κ1) is 18.0. The SMILES string of the molecule is CCN(CC)S(=O)(=O)c1ccc(-c2csc(NC(=O)C3CC3)n2)cc1.[HH]. The lowest BCUT2D eigenvalue weighted by molar-refractivity contribution is -0.117. The average Bonchev–Trinajstić information content (AvgIpc) is 3.36. The molecular weight excluding hydrogens is 358 g/mol. The van der Waals surface area contributed by atoms with E-state index in [-0.39, 0.29) is 18.1 Å². The maximum atomic E-state index is 12.5. The van der Waals surface area contributed by atoms with Crippen LogP contribution in [0.5, 0.6) is 0 Å². The minimum Gasteiger partial charge on any atom is -0.302 e. The van der Waals surface area contributed by atoms with Crippen LogP contribution < -0.4 is 5.32 Å². The number of nitrogens with one attached hydrogen (secondary N) is 1. The van der Waals surface area contributed by atoms with Crippen molar-refractivity contribution in [2.45, 2.75) is 31.6 Å². The van der Waals surface area contributed by atoms with Crippen LogP contribution in [0.1, 0.15) is 28.1 Å². The van der Waals surface area contributed by atoms with Crippen molar-refractivity contribution in [3.05, 3.63) is 29.6 Å². The molecule has 25 heavy (non-hydrogen) atoms. The second-order valence-corrected chi connectivity index (χ2v) is 8.71. The third-order valence-electron chi connectivity index (χ3n) is 4.18. The molecule has 8 heteroatoms. The molecule has 0 spiro atoms. The van der Waals surface area contributed by atoms with E-state index < -0.39 is 10.0 Å². The number of thiazole rings is 1. The van der Waals surface area contributed by atoms with Crippen LogP contribution in [0.25, 0.3) is 11.3 Å². The molecule has 1 aromatic heterocycles. The molecule has 0 radical (unpaired) electrons. The maximum absolute atomic E-state index is 12.5. The van der Waals surface area contributed by atoms with Crippen LogP contribution in [0, 0.1) is 5.92 Å². The largest absolute Gasteiger partial charge is 0.302 e. The van der Waals surface area contributed by atoms with E-state index in [1.807, 2.05) is 19.2 Å². The molecule has 1 saturated carbocycles. The van der Waals surface area contributed by atoms with Gasteiger partial charge in [-0.1, -0.05) is 26.0 Å². The molecule has 136 valence electrons.